The molecule has 5 rings (SSSR count). The second-order valence-electron chi connectivity index (χ2n) is 18.6. The van der Waals surface area contributed by atoms with E-state index in [1.165, 1.54) is 6.92 Å². The van der Waals surface area contributed by atoms with Crippen molar-refractivity contribution >= 4 is 5.91 Å². The van der Waals surface area contributed by atoms with Gasteiger partial charge < -0.3 is 124 Å². The van der Waals surface area contributed by atoms with Gasteiger partial charge in [0.15, 0.2) is 49.1 Å². The average molecular weight is 976 g/mol. The van der Waals surface area contributed by atoms with E-state index in [0.717, 1.165) is 6.92 Å². The standard InChI is InChI=1S/C41H69NO25/c1-8-40(4,5)13-41(6,7)67-38-29(56)27(54)31(19(12-46)62-38)63-37-30(57)33(24(51)18(11-45)60-37)65-35-20(42-15(3)47)32(23(50)17(10-44)59-35)64-39-34(26(53)22(49)16(9-43)61-39)66-36-28(55)25(52)21(48)14(2)58-36/h8,14,16-20,22-24,26-39,43-46,48-57H,1,9-13H2,2-7H3,(H,42,47)/t14?,16?,17?,18?,19?,20?,22-,23-,24-,26?,27?,28?,29?,30?,31-,32?,33?,34?,35-,36-,37+,38-,39-/m0/s1. The maximum atomic E-state index is 12.8. The van der Waals surface area contributed by atoms with Crippen LogP contribution in [0, 0.1) is 5.41 Å². The van der Waals surface area contributed by atoms with Crippen molar-refractivity contribution in [1.29, 1.82) is 0 Å². The third-order valence-corrected chi connectivity index (χ3v) is 12.2. The normalized spacial score (nSPS) is 44.6. The molecule has 0 radical (unpaired) electrons. The van der Waals surface area contributed by atoms with E-state index in [-0.39, 0.29) is 0 Å². The van der Waals surface area contributed by atoms with Gasteiger partial charge in [0.1, 0.15) is 104 Å². The van der Waals surface area contributed by atoms with Crippen LogP contribution in [-0.2, 0) is 52.2 Å². The zero-order chi connectivity index (χ0) is 50.0. The van der Waals surface area contributed by atoms with Crippen LogP contribution in [0.1, 0.15) is 48.0 Å². The molecule has 0 aromatic rings. The Hall–Kier alpha value is -2.33. The SMILES string of the molecule is C=CC(C)(C)CC(C)(C)O[C@@H]1OC(CO)[C@H](O[C@H]2OC(CO)[C@H](O)C(O[C@@H]3OC(CO)[C@H](O)C(O[C@@H]4OC(CO)[C@H](O)C(O)C4O[C@@H]4OC(C)C(O)=C(O)C4O)C3NC(C)=O)C2O)C(O)C1O. The summed E-state index contributed by atoms with van der Waals surface area (Å²) in [4.78, 5) is 12.8. The molecule has 0 aromatic heterocycles. The van der Waals surface area contributed by atoms with E-state index in [4.69, 9.17) is 47.4 Å². The van der Waals surface area contributed by atoms with Gasteiger partial charge >= 0.3 is 0 Å². The summed E-state index contributed by atoms with van der Waals surface area (Å²) in [6.07, 6.45) is -37.6. The summed E-state index contributed by atoms with van der Waals surface area (Å²) in [5, 5.41) is 153. The number of aliphatic hydroxyl groups is 14. The zero-order valence-corrected chi connectivity index (χ0v) is 37.9. The number of hydrogen-bond acceptors (Lipinski definition) is 25. The minimum atomic E-state index is -2.11. The number of amides is 1. The first-order chi connectivity index (χ1) is 31.3. The molecule has 67 heavy (non-hydrogen) atoms. The van der Waals surface area contributed by atoms with Gasteiger partial charge in [-0.1, -0.05) is 19.9 Å². The molecule has 4 fully saturated rings. The molecular weight excluding hydrogens is 906 g/mol. The Kier molecular flexibility index (Phi) is 18.9. The number of allylic oxidation sites excluding steroid dienone is 1. The highest BCUT2D eigenvalue weighted by molar-refractivity contribution is 5.73. The lowest BCUT2D eigenvalue weighted by Crippen LogP contribution is -2.70. The van der Waals surface area contributed by atoms with Crippen LogP contribution in [0.15, 0.2) is 24.2 Å². The molecule has 5 aliphatic rings. The number of carbonyl (C=O) groups excluding carboxylic acids is 1. The van der Waals surface area contributed by atoms with Crippen molar-refractivity contribution in [3.8, 4) is 0 Å². The Morgan fingerprint density at radius 3 is 1.63 bits per heavy atom. The summed E-state index contributed by atoms with van der Waals surface area (Å²) < 4.78 is 58.4. The summed E-state index contributed by atoms with van der Waals surface area (Å²) in [5.74, 6) is -2.49. The van der Waals surface area contributed by atoms with Crippen LogP contribution in [0.2, 0.25) is 0 Å². The van der Waals surface area contributed by atoms with Crippen LogP contribution in [-0.4, -0.2) is 251 Å². The van der Waals surface area contributed by atoms with Crippen LogP contribution in [0.3, 0.4) is 0 Å². The average Bonchev–Trinajstić information content (AvgIpc) is 3.27. The Bertz CT molecular complexity index is 1650. The number of rotatable bonds is 18. The van der Waals surface area contributed by atoms with Crippen LogP contribution in [0.4, 0.5) is 0 Å². The number of hydrogen-bond donors (Lipinski definition) is 15. The third-order valence-electron chi connectivity index (χ3n) is 12.2. The maximum Gasteiger partial charge on any atom is 0.217 e. The topological polar surface area (TPSA) is 405 Å². The number of carbonyl (C=O) groups is 1. The van der Waals surface area contributed by atoms with Gasteiger partial charge in [0, 0.05) is 6.92 Å². The van der Waals surface area contributed by atoms with E-state index < -0.39 is 196 Å². The molecule has 5 heterocycles. The van der Waals surface area contributed by atoms with E-state index in [9.17, 15) is 76.3 Å². The molecule has 4 saturated heterocycles. The molecule has 0 bridgehead atoms. The summed E-state index contributed by atoms with van der Waals surface area (Å²) in [6, 6.07) is -1.73. The first-order valence-electron chi connectivity index (χ1n) is 21.8. The van der Waals surface area contributed by atoms with Gasteiger partial charge in [-0.2, -0.15) is 0 Å². The lowest BCUT2D eigenvalue weighted by atomic mass is 9.82. The van der Waals surface area contributed by atoms with Crippen molar-refractivity contribution in [2.24, 2.45) is 5.41 Å². The Morgan fingerprint density at radius 2 is 1.06 bits per heavy atom. The molecule has 0 aliphatic carbocycles. The predicted molar refractivity (Wildman–Crippen MR) is 219 cm³/mol. The number of ether oxygens (including phenoxy) is 10. The molecule has 1 amide bonds. The quantitative estimate of drug-likeness (QED) is 0.0569. The van der Waals surface area contributed by atoms with Crippen molar-refractivity contribution in [3.63, 3.8) is 0 Å². The van der Waals surface area contributed by atoms with Crippen LogP contribution >= 0.6 is 0 Å². The van der Waals surface area contributed by atoms with Crippen LogP contribution < -0.4 is 5.32 Å². The fourth-order valence-corrected chi connectivity index (χ4v) is 8.77. The maximum absolute atomic E-state index is 12.8. The fourth-order valence-electron chi connectivity index (χ4n) is 8.77. The summed E-state index contributed by atoms with van der Waals surface area (Å²) in [7, 11) is 0. The van der Waals surface area contributed by atoms with Crippen LogP contribution in [0.25, 0.3) is 0 Å². The summed E-state index contributed by atoms with van der Waals surface area (Å²) >= 11 is 0. The molecule has 15 N–H and O–H groups in total. The van der Waals surface area contributed by atoms with E-state index in [1.54, 1.807) is 19.9 Å². The van der Waals surface area contributed by atoms with Crippen molar-refractivity contribution < 1.29 is 124 Å². The van der Waals surface area contributed by atoms with Gasteiger partial charge in [0.05, 0.1) is 32.0 Å². The van der Waals surface area contributed by atoms with Crippen molar-refractivity contribution in [3.05, 3.63) is 24.2 Å². The minimum Gasteiger partial charge on any atom is -0.506 e. The minimum absolute atomic E-state index is 0.403. The lowest BCUT2D eigenvalue weighted by molar-refractivity contribution is -0.388. The van der Waals surface area contributed by atoms with E-state index in [2.05, 4.69) is 11.9 Å². The van der Waals surface area contributed by atoms with E-state index in [0.29, 0.717) is 6.42 Å². The van der Waals surface area contributed by atoms with E-state index >= 15 is 0 Å². The highest BCUT2D eigenvalue weighted by Gasteiger charge is 2.57. The van der Waals surface area contributed by atoms with E-state index in [1.807, 2.05) is 13.8 Å². The van der Waals surface area contributed by atoms with Crippen molar-refractivity contribution in [2.75, 3.05) is 26.4 Å². The van der Waals surface area contributed by atoms with Gasteiger partial charge in [-0.05, 0) is 32.6 Å². The molecule has 0 saturated carbocycles. The van der Waals surface area contributed by atoms with Gasteiger partial charge in [-0.25, -0.2) is 0 Å². The highest BCUT2D eigenvalue weighted by atomic mass is 16.8. The Balaban J connectivity index is 1.41. The predicted octanol–water partition coefficient (Wildman–Crippen LogP) is -5.74. The van der Waals surface area contributed by atoms with Gasteiger partial charge in [0.25, 0.3) is 0 Å². The zero-order valence-electron chi connectivity index (χ0n) is 37.9. The van der Waals surface area contributed by atoms with Crippen LogP contribution in [0.5, 0.6) is 0 Å². The molecule has 26 nitrogen and oxygen atoms in total. The smallest absolute Gasteiger partial charge is 0.217 e. The first kappa shape index (κ1) is 55.6. The van der Waals surface area contributed by atoms with Gasteiger partial charge in [0.2, 0.25) is 5.91 Å². The second kappa shape index (κ2) is 22.8. The molecule has 5 aliphatic heterocycles. The first-order valence-corrected chi connectivity index (χ1v) is 21.8. The largest absolute Gasteiger partial charge is 0.506 e. The van der Waals surface area contributed by atoms with Gasteiger partial charge in [-0.3, -0.25) is 4.79 Å². The monoisotopic (exact) mass is 975 g/mol. The third kappa shape index (κ3) is 12.4. The summed E-state index contributed by atoms with van der Waals surface area (Å²) in [6.45, 7) is 9.77. The molecule has 388 valence electrons. The van der Waals surface area contributed by atoms with Gasteiger partial charge in [-0.15, -0.1) is 6.58 Å². The number of aliphatic hydroxyl groups excluding tert-OH is 14. The van der Waals surface area contributed by atoms with Crippen molar-refractivity contribution in [1.82, 2.24) is 5.32 Å². The molecule has 23 atom stereocenters. The Morgan fingerprint density at radius 1 is 0.582 bits per heavy atom. The molecule has 0 spiro atoms. The number of nitrogens with one attached hydrogen (secondary N) is 1. The second-order valence-corrected chi connectivity index (χ2v) is 18.6. The Labute approximate surface area is 385 Å². The molecule has 14 unspecified atom stereocenters. The van der Waals surface area contributed by atoms with Crippen molar-refractivity contribution in [2.45, 2.75) is 195 Å². The molecule has 0 aromatic carbocycles. The molecule has 26 heteroatoms. The fraction of sp³-hybridized carbons (Fsp3) is 0.878. The highest BCUT2D eigenvalue weighted by Crippen LogP contribution is 2.38. The summed E-state index contributed by atoms with van der Waals surface area (Å²) in [5.41, 5.74) is -1.36. The lowest BCUT2D eigenvalue weighted by Gasteiger charge is -2.50. The molecular formula is C41H69NO25.